The first-order chi connectivity index (χ1) is 6.52. The van der Waals surface area contributed by atoms with E-state index in [1.165, 1.54) is 0 Å². The fourth-order valence-corrected chi connectivity index (χ4v) is 0.877. The van der Waals surface area contributed by atoms with Gasteiger partial charge >= 0.3 is 12.0 Å². The van der Waals surface area contributed by atoms with Crippen molar-refractivity contribution in [2.24, 2.45) is 5.73 Å². The van der Waals surface area contributed by atoms with Gasteiger partial charge in [0.1, 0.15) is 0 Å². The van der Waals surface area contributed by atoms with E-state index in [-0.39, 0.29) is 18.1 Å². The minimum Gasteiger partial charge on any atom is -0.486 e. The number of hydrogen-bond acceptors (Lipinski definition) is 3. The number of carboxylic acids is 1. The lowest BCUT2D eigenvalue weighted by Crippen LogP contribution is -2.30. The van der Waals surface area contributed by atoms with Crippen molar-refractivity contribution in [2.45, 2.75) is 20.3 Å². The van der Waals surface area contributed by atoms with E-state index in [0.717, 1.165) is 0 Å². The number of aliphatic carboxylic acids is 1. The van der Waals surface area contributed by atoms with Crippen molar-refractivity contribution in [2.75, 3.05) is 6.61 Å². The molecule has 4 N–H and O–H groups in total. The topological polar surface area (TPSA) is 102 Å². The first-order valence-electron chi connectivity index (χ1n) is 4.18. The van der Waals surface area contributed by atoms with Gasteiger partial charge in [-0.1, -0.05) is 6.92 Å². The van der Waals surface area contributed by atoms with Crippen molar-refractivity contribution in [3.8, 4) is 0 Å². The number of ether oxygens (including phenoxy) is 1. The molecule has 2 amide bonds. The summed E-state index contributed by atoms with van der Waals surface area (Å²) in [5, 5.41) is 11.0. The molecule has 0 aromatic heterocycles. The van der Waals surface area contributed by atoms with E-state index in [2.05, 4.69) is 5.32 Å². The van der Waals surface area contributed by atoms with E-state index in [9.17, 15) is 9.59 Å². The summed E-state index contributed by atoms with van der Waals surface area (Å²) in [4.78, 5) is 21.2. The molecule has 0 spiro atoms. The van der Waals surface area contributed by atoms with Crippen molar-refractivity contribution < 1.29 is 19.4 Å². The molecular weight excluding hydrogens is 188 g/mol. The zero-order chi connectivity index (χ0) is 11.1. The molecule has 14 heavy (non-hydrogen) atoms. The fourth-order valence-electron chi connectivity index (χ4n) is 0.877. The first-order valence-corrected chi connectivity index (χ1v) is 4.18. The maximum absolute atomic E-state index is 10.7. The van der Waals surface area contributed by atoms with E-state index in [4.69, 9.17) is 15.6 Å². The highest BCUT2D eigenvalue weighted by Gasteiger charge is 2.15. The summed E-state index contributed by atoms with van der Waals surface area (Å²) in [7, 11) is 0. The summed E-state index contributed by atoms with van der Waals surface area (Å²) in [5.74, 6) is -1.49. The lowest BCUT2D eigenvalue weighted by molar-refractivity contribution is -0.136. The fraction of sp³-hybridized carbons (Fsp3) is 0.500. The zero-order valence-electron chi connectivity index (χ0n) is 8.16. The highest BCUT2D eigenvalue weighted by Crippen LogP contribution is 2.07. The number of amides is 2. The second-order valence-electron chi connectivity index (χ2n) is 2.39. The van der Waals surface area contributed by atoms with Crippen molar-refractivity contribution in [1.29, 1.82) is 0 Å². The van der Waals surface area contributed by atoms with Crippen LogP contribution in [0.5, 0.6) is 0 Å². The van der Waals surface area contributed by atoms with Crippen molar-refractivity contribution >= 4 is 12.0 Å². The van der Waals surface area contributed by atoms with E-state index in [1.807, 2.05) is 0 Å². The van der Waals surface area contributed by atoms with Gasteiger partial charge in [0, 0.05) is 0 Å². The molecule has 0 rings (SSSR count). The van der Waals surface area contributed by atoms with E-state index < -0.39 is 12.0 Å². The van der Waals surface area contributed by atoms with Gasteiger partial charge in [0.15, 0.2) is 0 Å². The van der Waals surface area contributed by atoms with Crippen LogP contribution in [0.2, 0.25) is 0 Å². The van der Waals surface area contributed by atoms with Gasteiger partial charge in [0.25, 0.3) is 0 Å². The average Bonchev–Trinajstić information content (AvgIpc) is 2.10. The SMILES string of the molecule is CCOC(C(=O)O)=C(CC)NC(N)=O. The van der Waals surface area contributed by atoms with E-state index in [0.29, 0.717) is 6.42 Å². The van der Waals surface area contributed by atoms with Gasteiger partial charge in [-0.3, -0.25) is 0 Å². The van der Waals surface area contributed by atoms with Gasteiger partial charge in [-0.25, -0.2) is 9.59 Å². The van der Waals surface area contributed by atoms with Gasteiger partial charge < -0.3 is 20.9 Å². The van der Waals surface area contributed by atoms with Crippen LogP contribution in [0.15, 0.2) is 11.5 Å². The lowest BCUT2D eigenvalue weighted by atomic mass is 10.3. The maximum atomic E-state index is 10.7. The summed E-state index contributed by atoms with van der Waals surface area (Å²) in [6.45, 7) is 3.55. The molecular formula is C8H14N2O4. The molecule has 0 saturated heterocycles. The van der Waals surface area contributed by atoms with E-state index >= 15 is 0 Å². The van der Waals surface area contributed by atoms with Crippen LogP contribution < -0.4 is 11.1 Å². The van der Waals surface area contributed by atoms with Crippen LogP contribution >= 0.6 is 0 Å². The molecule has 0 aliphatic carbocycles. The van der Waals surface area contributed by atoms with Crippen LogP contribution in [0.3, 0.4) is 0 Å². The molecule has 0 saturated carbocycles. The molecule has 6 heteroatoms. The third-order valence-electron chi connectivity index (χ3n) is 1.38. The third-order valence-corrected chi connectivity index (χ3v) is 1.38. The number of carbonyl (C=O) groups excluding carboxylic acids is 1. The Balaban J connectivity index is 4.87. The smallest absolute Gasteiger partial charge is 0.373 e. The largest absolute Gasteiger partial charge is 0.486 e. The van der Waals surface area contributed by atoms with Gasteiger partial charge in [0.2, 0.25) is 5.76 Å². The second-order valence-corrected chi connectivity index (χ2v) is 2.39. The number of rotatable bonds is 5. The van der Waals surface area contributed by atoms with E-state index in [1.54, 1.807) is 13.8 Å². The monoisotopic (exact) mass is 202 g/mol. The van der Waals surface area contributed by atoms with Crippen LogP contribution in [0.25, 0.3) is 0 Å². The van der Waals surface area contributed by atoms with Crippen LogP contribution in [0.1, 0.15) is 20.3 Å². The molecule has 0 aliphatic rings. The number of urea groups is 1. The predicted octanol–water partition coefficient (Wildman–Crippen LogP) is 0.397. The third kappa shape index (κ3) is 3.79. The number of carboxylic acid groups (broad SMARTS) is 1. The maximum Gasteiger partial charge on any atom is 0.373 e. The Morgan fingerprint density at radius 1 is 1.43 bits per heavy atom. The average molecular weight is 202 g/mol. The lowest BCUT2D eigenvalue weighted by Gasteiger charge is -2.10. The highest BCUT2D eigenvalue weighted by atomic mass is 16.5. The Kier molecular flexibility index (Phi) is 5.13. The number of primary amides is 1. The molecule has 0 aliphatic heterocycles. The number of carbonyl (C=O) groups is 2. The normalized spacial score (nSPS) is 11.6. The number of allylic oxidation sites excluding steroid dienone is 1. The molecule has 80 valence electrons. The molecule has 6 nitrogen and oxygen atoms in total. The molecule has 0 fully saturated rings. The standard InChI is InChI=1S/C8H14N2O4/c1-3-5(10-8(9)13)6(7(11)12)14-4-2/h3-4H2,1-2H3,(H,11,12)(H3,9,10,13). The number of nitrogens with one attached hydrogen (secondary N) is 1. The summed E-state index contributed by atoms with van der Waals surface area (Å²) >= 11 is 0. The Labute approximate surface area is 81.7 Å². The van der Waals surface area contributed by atoms with Crippen molar-refractivity contribution in [3.05, 3.63) is 11.5 Å². The minimum absolute atomic E-state index is 0.173. The zero-order valence-corrected chi connectivity index (χ0v) is 8.16. The number of hydrogen-bond donors (Lipinski definition) is 3. The van der Waals surface area contributed by atoms with Crippen LogP contribution in [-0.4, -0.2) is 23.7 Å². The summed E-state index contributed by atoms with van der Waals surface area (Å²) in [6, 6.07) is -0.805. The minimum atomic E-state index is -1.22. The molecule has 0 aromatic rings. The second kappa shape index (κ2) is 5.85. The summed E-state index contributed by atoms with van der Waals surface area (Å²) < 4.78 is 4.87. The highest BCUT2D eigenvalue weighted by molar-refractivity contribution is 5.86. The van der Waals surface area contributed by atoms with Crippen LogP contribution in [-0.2, 0) is 9.53 Å². The molecule has 0 aromatic carbocycles. The van der Waals surface area contributed by atoms with Gasteiger partial charge in [-0.15, -0.1) is 0 Å². The van der Waals surface area contributed by atoms with Crippen molar-refractivity contribution in [1.82, 2.24) is 5.32 Å². The van der Waals surface area contributed by atoms with Crippen LogP contribution in [0.4, 0.5) is 4.79 Å². The first kappa shape index (κ1) is 12.3. The molecule has 0 radical (unpaired) electrons. The summed E-state index contributed by atoms with van der Waals surface area (Å²) in [5.41, 5.74) is 5.04. The quantitative estimate of drug-likeness (QED) is 0.443. The molecule has 0 unspecified atom stereocenters. The Morgan fingerprint density at radius 2 is 2.00 bits per heavy atom. The number of nitrogens with two attached hydrogens (primary N) is 1. The van der Waals surface area contributed by atoms with Gasteiger partial charge in [-0.2, -0.15) is 0 Å². The van der Waals surface area contributed by atoms with Gasteiger partial charge in [-0.05, 0) is 13.3 Å². The summed E-state index contributed by atoms with van der Waals surface area (Å²) in [6.07, 6.45) is 0.324. The molecule has 0 bridgehead atoms. The molecule has 0 atom stereocenters. The Morgan fingerprint density at radius 3 is 2.29 bits per heavy atom. The Bertz CT molecular complexity index is 260. The Hall–Kier alpha value is -1.72. The van der Waals surface area contributed by atoms with Gasteiger partial charge in [0.05, 0.1) is 12.3 Å². The molecule has 0 heterocycles. The van der Waals surface area contributed by atoms with Crippen molar-refractivity contribution in [3.63, 3.8) is 0 Å². The predicted molar refractivity (Wildman–Crippen MR) is 49.3 cm³/mol. The van der Waals surface area contributed by atoms with Crippen LogP contribution in [0, 0.1) is 0 Å².